The molecule has 2 heterocycles. The smallest absolute Gasteiger partial charge is 0.217 e. The highest BCUT2D eigenvalue weighted by Crippen LogP contribution is 2.25. The normalized spacial score (nSPS) is 44.3. The zero-order valence-electron chi connectivity index (χ0n) is 4.94. The maximum Gasteiger partial charge on any atom is 0.217 e. The summed E-state index contributed by atoms with van der Waals surface area (Å²) in [5.74, 6) is 0. The Hall–Kier alpha value is -1.06. The summed E-state index contributed by atoms with van der Waals surface area (Å²) in [5.41, 5.74) is -0.431. The second-order valence-corrected chi connectivity index (χ2v) is 2.29. The van der Waals surface area contributed by atoms with Crippen LogP contribution < -0.4 is 0 Å². The minimum Gasteiger partial charge on any atom is -0.382 e. The van der Waals surface area contributed by atoms with Gasteiger partial charge in [0.1, 0.15) is 0 Å². The number of hydrogen-bond acceptors (Lipinski definition) is 4. The fourth-order valence-corrected chi connectivity index (χ4v) is 0.829. The topological polar surface area (TPSA) is 43.2 Å². The molecule has 4 heteroatoms. The van der Waals surface area contributed by atoms with Gasteiger partial charge in [-0.2, -0.15) is 0 Å². The summed E-state index contributed by atoms with van der Waals surface area (Å²) in [6.45, 7) is 1.88. The molecule has 0 saturated carbocycles. The molecule has 0 saturated heterocycles. The lowest BCUT2D eigenvalue weighted by Gasteiger charge is -2.13. The molecular formula is C5H6N2O2. The molecular weight excluding hydrogens is 120 g/mol. The Labute approximate surface area is 52.1 Å². The summed E-state index contributed by atoms with van der Waals surface area (Å²) in [4.78, 5) is 9.83. The van der Waals surface area contributed by atoms with E-state index in [1.54, 1.807) is 12.4 Å². The summed E-state index contributed by atoms with van der Waals surface area (Å²) >= 11 is 0. The van der Waals surface area contributed by atoms with Crippen molar-refractivity contribution in [2.24, 2.45) is 10.3 Å². The molecule has 9 heavy (non-hydrogen) atoms. The van der Waals surface area contributed by atoms with E-state index < -0.39 is 5.60 Å². The molecule has 0 aromatic rings. The lowest BCUT2D eigenvalue weighted by Crippen LogP contribution is -2.35. The van der Waals surface area contributed by atoms with Crippen molar-refractivity contribution in [3.8, 4) is 0 Å². The Morgan fingerprint density at radius 1 is 1.56 bits per heavy atom. The molecule has 0 N–H and O–H groups in total. The second-order valence-electron chi connectivity index (χ2n) is 2.29. The lowest BCUT2D eigenvalue weighted by molar-refractivity contribution is -0.0130. The highest BCUT2D eigenvalue weighted by Gasteiger charge is 2.44. The van der Waals surface area contributed by atoms with E-state index in [-0.39, 0.29) is 6.10 Å². The van der Waals surface area contributed by atoms with Gasteiger partial charge < -0.3 is 9.68 Å². The van der Waals surface area contributed by atoms with Crippen LogP contribution in [0.1, 0.15) is 6.92 Å². The van der Waals surface area contributed by atoms with Crippen LogP contribution in [0, 0.1) is 0 Å². The monoisotopic (exact) mass is 126 g/mol. The third-order valence-corrected chi connectivity index (χ3v) is 1.49. The Balaban J connectivity index is 2.31. The van der Waals surface area contributed by atoms with Crippen molar-refractivity contribution in [3.63, 3.8) is 0 Å². The Bertz CT molecular complexity index is 189. The zero-order valence-corrected chi connectivity index (χ0v) is 4.94. The predicted molar refractivity (Wildman–Crippen MR) is 31.3 cm³/mol. The van der Waals surface area contributed by atoms with Gasteiger partial charge in [0.2, 0.25) is 11.7 Å². The van der Waals surface area contributed by atoms with Crippen molar-refractivity contribution < 1.29 is 9.68 Å². The van der Waals surface area contributed by atoms with Crippen LogP contribution in [-0.2, 0) is 9.68 Å². The molecule has 0 aliphatic carbocycles. The van der Waals surface area contributed by atoms with Gasteiger partial charge in [-0.15, -0.1) is 0 Å². The van der Waals surface area contributed by atoms with Gasteiger partial charge in [0.15, 0.2) is 0 Å². The van der Waals surface area contributed by atoms with Gasteiger partial charge >= 0.3 is 0 Å². The Kier molecular flexibility index (Phi) is 0.670. The maximum atomic E-state index is 4.96. The van der Waals surface area contributed by atoms with Crippen molar-refractivity contribution in [2.75, 3.05) is 0 Å². The van der Waals surface area contributed by atoms with E-state index in [4.69, 9.17) is 9.68 Å². The SMILES string of the molecule is CC12C=NOC1C=NO2. The molecule has 0 fully saturated rings. The largest absolute Gasteiger partial charge is 0.382 e. The third-order valence-electron chi connectivity index (χ3n) is 1.49. The standard InChI is InChI=1S/C5H6N2O2/c1-5-3-7-8-4(5)2-6-9-5/h2-4H,1H3. The Morgan fingerprint density at radius 3 is 3.22 bits per heavy atom. The number of hydrogen-bond donors (Lipinski definition) is 0. The maximum absolute atomic E-state index is 4.96. The summed E-state index contributed by atoms with van der Waals surface area (Å²) in [6.07, 6.45) is 3.11. The third kappa shape index (κ3) is 0.472. The van der Waals surface area contributed by atoms with Crippen molar-refractivity contribution in [1.82, 2.24) is 0 Å². The van der Waals surface area contributed by atoms with Crippen molar-refractivity contribution >= 4 is 12.4 Å². The van der Waals surface area contributed by atoms with E-state index in [2.05, 4.69) is 10.3 Å². The minimum absolute atomic E-state index is 0.113. The lowest BCUT2D eigenvalue weighted by atomic mass is 10.0. The molecule has 0 spiro atoms. The van der Waals surface area contributed by atoms with Crippen LogP contribution >= 0.6 is 0 Å². The highest BCUT2D eigenvalue weighted by molar-refractivity contribution is 5.82. The summed E-state index contributed by atoms with van der Waals surface area (Å²) in [7, 11) is 0. The van der Waals surface area contributed by atoms with Gasteiger partial charge in [0, 0.05) is 0 Å². The van der Waals surface area contributed by atoms with E-state index in [0.29, 0.717) is 0 Å². The average Bonchev–Trinajstić information content (AvgIpc) is 2.22. The molecule has 2 aliphatic rings. The van der Waals surface area contributed by atoms with Gasteiger partial charge in [0.05, 0.1) is 12.4 Å². The van der Waals surface area contributed by atoms with Crippen LogP contribution in [0.4, 0.5) is 0 Å². The van der Waals surface area contributed by atoms with Crippen LogP contribution in [0.25, 0.3) is 0 Å². The van der Waals surface area contributed by atoms with Crippen LogP contribution in [0.2, 0.25) is 0 Å². The molecule has 2 unspecified atom stereocenters. The first-order valence-corrected chi connectivity index (χ1v) is 2.73. The minimum atomic E-state index is -0.431. The van der Waals surface area contributed by atoms with E-state index >= 15 is 0 Å². The first kappa shape index (κ1) is 4.78. The first-order valence-electron chi connectivity index (χ1n) is 2.73. The molecule has 2 aliphatic heterocycles. The van der Waals surface area contributed by atoms with Gasteiger partial charge in [-0.25, -0.2) is 0 Å². The van der Waals surface area contributed by atoms with Gasteiger partial charge in [-0.3, -0.25) is 0 Å². The summed E-state index contributed by atoms with van der Waals surface area (Å²) in [6, 6.07) is 0. The van der Waals surface area contributed by atoms with E-state index in [1.165, 1.54) is 0 Å². The molecule has 48 valence electrons. The molecule has 0 aromatic carbocycles. The molecule has 0 amide bonds. The fourth-order valence-electron chi connectivity index (χ4n) is 0.829. The quantitative estimate of drug-likeness (QED) is 0.463. The van der Waals surface area contributed by atoms with Crippen molar-refractivity contribution in [3.05, 3.63) is 0 Å². The average molecular weight is 126 g/mol. The number of nitrogens with zero attached hydrogens (tertiary/aromatic N) is 2. The van der Waals surface area contributed by atoms with Crippen molar-refractivity contribution in [2.45, 2.75) is 18.6 Å². The Morgan fingerprint density at radius 2 is 2.44 bits per heavy atom. The number of oxime groups is 2. The molecule has 4 nitrogen and oxygen atoms in total. The molecule has 2 rings (SSSR count). The van der Waals surface area contributed by atoms with Gasteiger partial charge in [-0.1, -0.05) is 10.3 Å². The van der Waals surface area contributed by atoms with Crippen LogP contribution in [0.15, 0.2) is 10.3 Å². The molecule has 2 atom stereocenters. The number of fused-ring (bicyclic) bond motifs is 1. The molecule has 0 radical (unpaired) electrons. The fraction of sp³-hybridized carbons (Fsp3) is 0.600. The predicted octanol–water partition coefficient (Wildman–Crippen LogP) is 0.146. The van der Waals surface area contributed by atoms with E-state index in [1.807, 2.05) is 6.92 Å². The second kappa shape index (κ2) is 1.26. The first-order chi connectivity index (χ1) is 4.31. The molecule has 0 bridgehead atoms. The highest BCUT2D eigenvalue weighted by atomic mass is 16.7. The van der Waals surface area contributed by atoms with Crippen LogP contribution in [0.3, 0.4) is 0 Å². The molecule has 0 aromatic heterocycles. The summed E-state index contributed by atoms with van der Waals surface area (Å²) < 4.78 is 0. The van der Waals surface area contributed by atoms with Crippen LogP contribution in [0.5, 0.6) is 0 Å². The summed E-state index contributed by atoms with van der Waals surface area (Å²) in [5, 5.41) is 7.20. The van der Waals surface area contributed by atoms with Crippen LogP contribution in [-0.4, -0.2) is 24.1 Å². The van der Waals surface area contributed by atoms with Gasteiger partial charge in [-0.05, 0) is 6.92 Å². The van der Waals surface area contributed by atoms with Gasteiger partial charge in [0.25, 0.3) is 0 Å². The van der Waals surface area contributed by atoms with Crippen molar-refractivity contribution in [1.29, 1.82) is 0 Å². The van der Waals surface area contributed by atoms with E-state index in [0.717, 1.165) is 0 Å². The van der Waals surface area contributed by atoms with E-state index in [9.17, 15) is 0 Å². The number of rotatable bonds is 0. The zero-order chi connectivity index (χ0) is 6.32.